The lowest BCUT2D eigenvalue weighted by Crippen LogP contribution is -2.60. The van der Waals surface area contributed by atoms with Crippen molar-refractivity contribution in [2.75, 3.05) is 26.2 Å². The molecule has 0 aromatic rings. The monoisotopic (exact) mass is 291 g/mol. The number of hydrazine groups is 1. The summed E-state index contributed by atoms with van der Waals surface area (Å²) in [5.41, 5.74) is 0. The van der Waals surface area contributed by atoms with Crippen LogP contribution in [0.3, 0.4) is 0 Å². The SMILES string of the molecule is O=C1CC(N2CCN(N3CCCCC3=O)CC2=O)=NC=N1. The van der Waals surface area contributed by atoms with Gasteiger partial charge in [-0.2, -0.15) is 0 Å². The van der Waals surface area contributed by atoms with Gasteiger partial charge in [-0.25, -0.2) is 15.0 Å². The van der Waals surface area contributed by atoms with Crippen LogP contribution in [-0.2, 0) is 14.4 Å². The highest BCUT2D eigenvalue weighted by atomic mass is 16.2. The minimum atomic E-state index is -0.290. The first kappa shape index (κ1) is 13.9. The summed E-state index contributed by atoms with van der Waals surface area (Å²) in [5, 5.41) is 3.49. The van der Waals surface area contributed by atoms with E-state index in [-0.39, 0.29) is 30.7 Å². The second kappa shape index (κ2) is 5.72. The van der Waals surface area contributed by atoms with E-state index < -0.39 is 0 Å². The van der Waals surface area contributed by atoms with Crippen molar-refractivity contribution < 1.29 is 14.4 Å². The van der Waals surface area contributed by atoms with Gasteiger partial charge in [0.2, 0.25) is 11.8 Å². The van der Waals surface area contributed by atoms with Crippen molar-refractivity contribution in [2.45, 2.75) is 25.7 Å². The number of amidine groups is 1. The molecule has 3 heterocycles. The largest absolute Gasteiger partial charge is 0.297 e. The van der Waals surface area contributed by atoms with Crippen molar-refractivity contribution in [3.8, 4) is 0 Å². The third-order valence-corrected chi connectivity index (χ3v) is 3.87. The Morgan fingerprint density at radius 3 is 2.57 bits per heavy atom. The first-order chi connectivity index (χ1) is 10.1. The zero-order valence-electron chi connectivity index (χ0n) is 11.7. The third-order valence-electron chi connectivity index (χ3n) is 3.87. The summed E-state index contributed by atoms with van der Waals surface area (Å²) in [6.07, 6.45) is 3.69. The van der Waals surface area contributed by atoms with E-state index in [9.17, 15) is 14.4 Å². The zero-order valence-corrected chi connectivity index (χ0v) is 11.7. The normalized spacial score (nSPS) is 24.6. The molecular formula is C13H17N5O3. The number of carbonyl (C=O) groups is 3. The molecule has 0 unspecified atom stereocenters. The highest BCUT2D eigenvalue weighted by Gasteiger charge is 2.33. The maximum absolute atomic E-state index is 12.3. The Morgan fingerprint density at radius 2 is 1.86 bits per heavy atom. The van der Waals surface area contributed by atoms with Crippen molar-refractivity contribution in [1.29, 1.82) is 0 Å². The summed E-state index contributed by atoms with van der Waals surface area (Å²) in [4.78, 5) is 44.6. The molecule has 0 saturated carbocycles. The van der Waals surface area contributed by atoms with Gasteiger partial charge in [-0.05, 0) is 12.8 Å². The van der Waals surface area contributed by atoms with Gasteiger partial charge in [0.25, 0.3) is 5.91 Å². The number of piperidine rings is 1. The van der Waals surface area contributed by atoms with Crippen LogP contribution in [0.2, 0.25) is 0 Å². The molecule has 3 aliphatic heterocycles. The molecule has 0 bridgehead atoms. The lowest BCUT2D eigenvalue weighted by Gasteiger charge is -2.42. The van der Waals surface area contributed by atoms with E-state index >= 15 is 0 Å². The fourth-order valence-corrected chi connectivity index (χ4v) is 2.78. The molecule has 2 fully saturated rings. The van der Waals surface area contributed by atoms with Gasteiger partial charge in [-0.15, -0.1) is 0 Å². The average Bonchev–Trinajstić information content (AvgIpc) is 2.47. The fourth-order valence-electron chi connectivity index (χ4n) is 2.78. The van der Waals surface area contributed by atoms with Crippen molar-refractivity contribution in [1.82, 2.24) is 14.9 Å². The second-order valence-electron chi connectivity index (χ2n) is 5.27. The van der Waals surface area contributed by atoms with E-state index in [0.717, 1.165) is 12.8 Å². The van der Waals surface area contributed by atoms with Gasteiger partial charge in [0, 0.05) is 26.1 Å². The highest BCUT2D eigenvalue weighted by Crippen LogP contribution is 2.16. The lowest BCUT2D eigenvalue weighted by molar-refractivity contribution is -0.160. The number of nitrogens with zero attached hydrogens (tertiary/aromatic N) is 5. The van der Waals surface area contributed by atoms with Crippen LogP contribution in [0.5, 0.6) is 0 Å². The second-order valence-corrected chi connectivity index (χ2v) is 5.27. The molecule has 0 radical (unpaired) electrons. The molecule has 2 saturated heterocycles. The minimum Gasteiger partial charge on any atom is -0.297 e. The molecule has 0 aliphatic carbocycles. The van der Waals surface area contributed by atoms with Crippen molar-refractivity contribution in [3.63, 3.8) is 0 Å². The van der Waals surface area contributed by atoms with Crippen LogP contribution in [0.15, 0.2) is 9.98 Å². The Morgan fingerprint density at radius 1 is 1.00 bits per heavy atom. The first-order valence-electron chi connectivity index (χ1n) is 7.13. The van der Waals surface area contributed by atoms with Gasteiger partial charge in [0.15, 0.2) is 0 Å². The Hall–Kier alpha value is -2.09. The molecule has 0 N–H and O–H groups in total. The molecule has 0 aromatic heterocycles. The van der Waals surface area contributed by atoms with E-state index in [0.29, 0.717) is 31.9 Å². The Balaban J connectivity index is 1.65. The van der Waals surface area contributed by atoms with Gasteiger partial charge < -0.3 is 0 Å². The molecule has 21 heavy (non-hydrogen) atoms. The quantitative estimate of drug-likeness (QED) is 0.646. The lowest BCUT2D eigenvalue weighted by atomic mass is 10.1. The molecule has 0 aromatic carbocycles. The number of aliphatic imine (C=N–C) groups is 2. The van der Waals surface area contributed by atoms with E-state index in [2.05, 4.69) is 9.98 Å². The molecule has 0 atom stereocenters. The summed E-state index contributed by atoms with van der Waals surface area (Å²) in [5.74, 6) is 0.104. The smallest absolute Gasteiger partial charge is 0.254 e. The van der Waals surface area contributed by atoms with E-state index in [1.54, 1.807) is 10.0 Å². The fraction of sp³-hybridized carbons (Fsp3) is 0.615. The van der Waals surface area contributed by atoms with Crippen molar-refractivity contribution >= 4 is 29.9 Å². The summed E-state index contributed by atoms with van der Waals surface area (Å²) < 4.78 is 0. The number of amides is 3. The molecule has 8 heteroatoms. The standard InChI is InChI=1S/C13H17N5O3/c19-11-7-10(14-9-15-11)17-6-5-16(8-13(17)21)18-4-2-1-3-12(18)20/h9H,1-8H2. The predicted octanol–water partition coefficient (Wildman–Crippen LogP) is -0.585. The number of carbonyl (C=O) groups excluding carboxylic acids is 3. The van der Waals surface area contributed by atoms with Crippen LogP contribution < -0.4 is 0 Å². The van der Waals surface area contributed by atoms with E-state index in [1.807, 2.05) is 0 Å². The van der Waals surface area contributed by atoms with Crippen LogP contribution in [0.1, 0.15) is 25.7 Å². The molecule has 3 amide bonds. The third kappa shape index (κ3) is 2.85. The average molecular weight is 291 g/mol. The summed E-state index contributed by atoms with van der Waals surface area (Å²) in [6.45, 7) is 1.83. The van der Waals surface area contributed by atoms with Crippen LogP contribution in [0, 0.1) is 0 Å². The number of hydrogen-bond acceptors (Lipinski definition) is 5. The number of piperazine rings is 1. The van der Waals surface area contributed by atoms with Crippen LogP contribution >= 0.6 is 0 Å². The topological polar surface area (TPSA) is 85.7 Å². The number of hydrogen-bond donors (Lipinski definition) is 0. The zero-order chi connectivity index (χ0) is 14.8. The Bertz CT molecular complexity index is 542. The van der Waals surface area contributed by atoms with Crippen LogP contribution in [0.4, 0.5) is 0 Å². The summed E-state index contributed by atoms with van der Waals surface area (Å²) in [7, 11) is 0. The summed E-state index contributed by atoms with van der Waals surface area (Å²) in [6, 6.07) is 0. The number of rotatable bonds is 1. The molecule has 8 nitrogen and oxygen atoms in total. The predicted molar refractivity (Wildman–Crippen MR) is 74.4 cm³/mol. The van der Waals surface area contributed by atoms with Gasteiger partial charge in [0.05, 0.1) is 13.0 Å². The molecule has 3 aliphatic rings. The summed E-state index contributed by atoms with van der Waals surface area (Å²) >= 11 is 0. The molecule has 0 spiro atoms. The Kier molecular flexibility index (Phi) is 3.78. The molecular weight excluding hydrogens is 274 g/mol. The van der Waals surface area contributed by atoms with Crippen molar-refractivity contribution in [2.24, 2.45) is 9.98 Å². The van der Waals surface area contributed by atoms with Crippen LogP contribution in [-0.4, -0.2) is 71.0 Å². The van der Waals surface area contributed by atoms with Crippen molar-refractivity contribution in [3.05, 3.63) is 0 Å². The highest BCUT2D eigenvalue weighted by molar-refractivity contribution is 6.13. The van der Waals surface area contributed by atoms with Gasteiger partial charge >= 0.3 is 0 Å². The molecule has 112 valence electrons. The molecule has 3 rings (SSSR count). The van der Waals surface area contributed by atoms with E-state index in [4.69, 9.17) is 0 Å². The van der Waals surface area contributed by atoms with Gasteiger partial charge in [0.1, 0.15) is 12.2 Å². The minimum absolute atomic E-state index is 0.0604. The maximum atomic E-state index is 12.3. The first-order valence-corrected chi connectivity index (χ1v) is 7.13. The van der Waals surface area contributed by atoms with Gasteiger partial charge in [-0.1, -0.05) is 0 Å². The van der Waals surface area contributed by atoms with E-state index in [1.165, 1.54) is 11.2 Å². The Labute approximate surface area is 122 Å². The van der Waals surface area contributed by atoms with Gasteiger partial charge in [-0.3, -0.25) is 24.3 Å². The van der Waals surface area contributed by atoms with Crippen LogP contribution in [0.25, 0.3) is 0 Å². The maximum Gasteiger partial charge on any atom is 0.254 e.